The van der Waals surface area contributed by atoms with E-state index in [2.05, 4.69) is 29.9 Å². The van der Waals surface area contributed by atoms with Gasteiger partial charge in [-0.25, -0.2) is 19.9 Å². The Morgan fingerprint density at radius 2 is 2.19 bits per heavy atom. The average molecular weight is 382 g/mol. The zero-order valence-electron chi connectivity index (χ0n) is 15.5. The number of aryl methyl sites for hydroxylation is 2. The van der Waals surface area contributed by atoms with Crippen LogP contribution in [0.3, 0.4) is 0 Å². The van der Waals surface area contributed by atoms with Gasteiger partial charge in [0.2, 0.25) is 0 Å². The van der Waals surface area contributed by atoms with Crippen LogP contribution < -0.4 is 0 Å². The molecule has 1 unspecified atom stereocenters. The Labute approximate surface area is 162 Å². The minimum atomic E-state index is -0.0223. The number of carbonyl (C=O) groups is 1. The molecule has 4 rings (SSSR count). The van der Waals surface area contributed by atoms with Gasteiger partial charge in [0.1, 0.15) is 17.3 Å². The van der Waals surface area contributed by atoms with E-state index in [0.717, 1.165) is 36.6 Å². The molecular weight excluding hydrogens is 360 g/mol. The summed E-state index contributed by atoms with van der Waals surface area (Å²) >= 11 is 1.60. The topological polar surface area (TPSA) is 76.8 Å². The highest BCUT2D eigenvalue weighted by Gasteiger charge is 2.28. The number of amides is 1. The molecular formula is C19H22N6OS. The van der Waals surface area contributed by atoms with Gasteiger partial charge in [-0.2, -0.15) is 0 Å². The summed E-state index contributed by atoms with van der Waals surface area (Å²) in [5.74, 6) is 1.85. The minimum absolute atomic E-state index is 0.0223. The highest BCUT2D eigenvalue weighted by atomic mass is 32.1. The van der Waals surface area contributed by atoms with E-state index in [1.807, 2.05) is 36.7 Å². The van der Waals surface area contributed by atoms with Crippen molar-refractivity contribution in [1.29, 1.82) is 0 Å². The summed E-state index contributed by atoms with van der Waals surface area (Å²) < 4.78 is 2.15. The lowest BCUT2D eigenvalue weighted by Gasteiger charge is -2.32. The number of nitrogens with zero attached hydrogens (tertiary/aromatic N) is 6. The van der Waals surface area contributed by atoms with Crippen LogP contribution in [0.25, 0.3) is 0 Å². The van der Waals surface area contributed by atoms with Crippen LogP contribution >= 0.6 is 11.3 Å². The van der Waals surface area contributed by atoms with Gasteiger partial charge in [0.05, 0.1) is 17.7 Å². The van der Waals surface area contributed by atoms with Crippen LogP contribution in [0, 0.1) is 13.8 Å². The normalized spacial score (nSPS) is 17.3. The number of carbonyl (C=O) groups excluding carboxylic acids is 1. The second kappa shape index (κ2) is 7.56. The third-order valence-electron chi connectivity index (χ3n) is 4.82. The first-order valence-corrected chi connectivity index (χ1v) is 10.0. The lowest BCUT2D eigenvalue weighted by molar-refractivity contribution is 0.0696. The van der Waals surface area contributed by atoms with E-state index < -0.39 is 0 Å². The van der Waals surface area contributed by atoms with Gasteiger partial charge >= 0.3 is 0 Å². The number of hydrogen-bond donors (Lipinski definition) is 0. The van der Waals surface area contributed by atoms with Crippen LogP contribution in [0.1, 0.15) is 52.3 Å². The van der Waals surface area contributed by atoms with Crippen LogP contribution in [0.15, 0.2) is 29.4 Å². The second-order valence-electron chi connectivity index (χ2n) is 6.93. The Balaban J connectivity index is 1.52. The molecule has 3 aromatic rings. The fourth-order valence-corrected chi connectivity index (χ4v) is 4.21. The van der Waals surface area contributed by atoms with Gasteiger partial charge in [-0.1, -0.05) is 0 Å². The molecule has 3 aromatic heterocycles. The molecule has 0 N–H and O–H groups in total. The zero-order valence-corrected chi connectivity index (χ0v) is 16.3. The van der Waals surface area contributed by atoms with Gasteiger partial charge in [0.25, 0.3) is 5.91 Å². The molecule has 8 heteroatoms. The van der Waals surface area contributed by atoms with Crippen LogP contribution in [-0.2, 0) is 6.54 Å². The van der Waals surface area contributed by atoms with Crippen molar-refractivity contribution in [2.75, 3.05) is 13.1 Å². The number of piperidine rings is 1. The predicted molar refractivity (Wildman–Crippen MR) is 103 cm³/mol. The SMILES string of the molecule is Cc1cc(C(=O)N2CCCC(c3nccn3Cc3cscn3)C2)nc(C)n1. The van der Waals surface area contributed by atoms with Crippen molar-refractivity contribution >= 4 is 17.2 Å². The fraction of sp³-hybridized carbons (Fsp3) is 0.421. The number of rotatable bonds is 4. The molecule has 0 radical (unpaired) electrons. The van der Waals surface area contributed by atoms with E-state index in [1.165, 1.54) is 0 Å². The summed E-state index contributed by atoms with van der Waals surface area (Å²) in [6.45, 7) is 5.84. The molecule has 0 saturated carbocycles. The van der Waals surface area contributed by atoms with Crippen LogP contribution in [-0.4, -0.2) is 48.4 Å². The third-order valence-corrected chi connectivity index (χ3v) is 5.46. The number of aromatic nitrogens is 5. The molecule has 0 spiro atoms. The zero-order chi connectivity index (χ0) is 18.8. The highest BCUT2D eigenvalue weighted by molar-refractivity contribution is 7.07. The minimum Gasteiger partial charge on any atom is -0.337 e. The van der Waals surface area contributed by atoms with Gasteiger partial charge in [0, 0.05) is 42.5 Å². The maximum Gasteiger partial charge on any atom is 0.272 e. The van der Waals surface area contributed by atoms with Crippen LogP contribution in [0.4, 0.5) is 0 Å². The third kappa shape index (κ3) is 3.90. The molecule has 140 valence electrons. The first-order valence-electron chi connectivity index (χ1n) is 9.10. The lowest BCUT2D eigenvalue weighted by Crippen LogP contribution is -2.40. The van der Waals surface area contributed by atoms with Crippen molar-refractivity contribution < 1.29 is 4.79 Å². The largest absolute Gasteiger partial charge is 0.337 e. The van der Waals surface area contributed by atoms with Crippen molar-refractivity contribution in [2.24, 2.45) is 0 Å². The predicted octanol–water partition coefficient (Wildman–Crippen LogP) is 2.81. The lowest BCUT2D eigenvalue weighted by atomic mass is 9.96. The van der Waals surface area contributed by atoms with E-state index in [4.69, 9.17) is 0 Å². The Morgan fingerprint density at radius 1 is 1.30 bits per heavy atom. The molecule has 1 atom stereocenters. The molecule has 1 fully saturated rings. The standard InChI is InChI=1S/C19H22N6OS/c1-13-8-17(23-14(2)22-13)19(26)25-6-3-4-15(9-25)18-20-5-7-24(18)10-16-11-27-12-21-16/h5,7-8,11-12,15H,3-4,6,9-10H2,1-2H3. The quantitative estimate of drug-likeness (QED) is 0.693. The molecule has 1 aliphatic heterocycles. The van der Waals surface area contributed by atoms with Gasteiger partial charge in [-0.15, -0.1) is 11.3 Å². The highest BCUT2D eigenvalue weighted by Crippen LogP contribution is 2.27. The van der Waals surface area contributed by atoms with Gasteiger partial charge in [-0.05, 0) is 32.8 Å². The summed E-state index contributed by atoms with van der Waals surface area (Å²) in [5, 5.41) is 2.06. The van der Waals surface area contributed by atoms with Crippen molar-refractivity contribution in [1.82, 2.24) is 29.4 Å². The van der Waals surface area contributed by atoms with Crippen molar-refractivity contribution in [3.63, 3.8) is 0 Å². The molecule has 0 aliphatic carbocycles. The van der Waals surface area contributed by atoms with E-state index >= 15 is 0 Å². The monoisotopic (exact) mass is 382 g/mol. The Kier molecular flexibility index (Phi) is 4.98. The molecule has 0 aromatic carbocycles. The van der Waals surface area contributed by atoms with E-state index in [-0.39, 0.29) is 11.8 Å². The molecule has 1 aliphatic rings. The molecule has 0 bridgehead atoms. The molecule has 4 heterocycles. The second-order valence-corrected chi connectivity index (χ2v) is 7.64. The number of imidazole rings is 1. The van der Waals surface area contributed by atoms with Crippen LogP contribution in [0.5, 0.6) is 0 Å². The summed E-state index contributed by atoms with van der Waals surface area (Å²) in [6.07, 6.45) is 5.81. The van der Waals surface area contributed by atoms with E-state index in [1.54, 1.807) is 17.4 Å². The van der Waals surface area contributed by atoms with Gasteiger partial charge in [-0.3, -0.25) is 4.79 Å². The summed E-state index contributed by atoms with van der Waals surface area (Å²) in [5.41, 5.74) is 4.18. The van der Waals surface area contributed by atoms with E-state index in [9.17, 15) is 4.79 Å². The molecule has 7 nitrogen and oxygen atoms in total. The van der Waals surface area contributed by atoms with E-state index in [0.29, 0.717) is 24.6 Å². The Hall–Kier alpha value is -2.61. The Morgan fingerprint density at radius 3 is 2.96 bits per heavy atom. The molecule has 1 amide bonds. The number of hydrogen-bond acceptors (Lipinski definition) is 6. The summed E-state index contributed by atoms with van der Waals surface area (Å²) in [7, 11) is 0. The van der Waals surface area contributed by atoms with Crippen molar-refractivity contribution in [2.45, 2.75) is 39.2 Å². The smallest absolute Gasteiger partial charge is 0.272 e. The summed E-state index contributed by atoms with van der Waals surface area (Å²) in [4.78, 5) is 32.4. The Bertz CT molecular complexity index is 915. The fourth-order valence-electron chi connectivity index (χ4n) is 3.67. The maximum atomic E-state index is 13.0. The van der Waals surface area contributed by atoms with Crippen molar-refractivity contribution in [3.05, 3.63) is 58.1 Å². The molecule has 1 saturated heterocycles. The van der Waals surface area contributed by atoms with Crippen molar-refractivity contribution in [3.8, 4) is 0 Å². The number of thiazole rings is 1. The average Bonchev–Trinajstić information content (AvgIpc) is 3.33. The maximum absolute atomic E-state index is 13.0. The van der Waals surface area contributed by atoms with Crippen LogP contribution in [0.2, 0.25) is 0 Å². The first kappa shape index (κ1) is 17.8. The molecule has 27 heavy (non-hydrogen) atoms. The van der Waals surface area contributed by atoms with Gasteiger partial charge < -0.3 is 9.47 Å². The first-order chi connectivity index (χ1) is 13.1. The number of likely N-dealkylation sites (tertiary alicyclic amines) is 1. The summed E-state index contributed by atoms with van der Waals surface area (Å²) in [6, 6.07) is 1.77. The van der Waals surface area contributed by atoms with Gasteiger partial charge in [0.15, 0.2) is 0 Å².